The Bertz CT molecular complexity index is 4160. The summed E-state index contributed by atoms with van der Waals surface area (Å²) < 4.78 is 31.8. The van der Waals surface area contributed by atoms with Gasteiger partial charge in [-0.3, -0.25) is 9.59 Å². The molecular weight excluding hydrogens is 1050 g/mol. The standard InChI is InChI=1S/2C35H31FN4O2/c2*1-39-17-14-24(15-18-39)22-6-8-23(9-7-22)25-10-12-28-26(20-25)16-19-40(35(28)42)33(29-21-27(36)11-13-32(29)41)34-37-30-4-2-3-5-31(30)38-34/h2*2-13,16,19-21,24,33,41H,14-15,17-18H2,1H3,(H,37,38)/t2*33-/m10/s1. The molecule has 0 unspecified atom stereocenters. The van der Waals surface area contributed by atoms with Gasteiger partial charge in [0.2, 0.25) is 0 Å². The van der Waals surface area contributed by atoms with E-state index in [4.69, 9.17) is 9.97 Å². The zero-order valence-electron chi connectivity index (χ0n) is 46.6. The largest absolute Gasteiger partial charge is 0.508 e. The maximum atomic E-state index is 14.4. The molecule has 14 rings (SSSR count). The first kappa shape index (κ1) is 53.8. The lowest BCUT2D eigenvalue weighted by Crippen LogP contribution is -2.29. The number of likely N-dealkylation sites (tertiary alicyclic amines) is 2. The van der Waals surface area contributed by atoms with Crippen LogP contribution in [-0.4, -0.2) is 89.4 Å². The molecule has 4 N–H and O–H groups in total. The molecule has 0 bridgehead atoms. The Labute approximate surface area is 483 Å². The number of nitrogens with one attached hydrogen (secondary N) is 2. The number of phenolic OH excluding ortho intramolecular Hbond substituents is 2. The molecule has 0 aliphatic carbocycles. The molecule has 8 aromatic carbocycles. The van der Waals surface area contributed by atoms with Gasteiger partial charge in [0.25, 0.3) is 11.1 Å². The van der Waals surface area contributed by atoms with Gasteiger partial charge in [-0.1, -0.05) is 84.9 Å². The first-order chi connectivity index (χ1) is 40.9. The molecule has 0 spiro atoms. The average Bonchev–Trinajstić information content (AvgIpc) is 2.43. The number of piperidine rings is 2. The van der Waals surface area contributed by atoms with E-state index in [2.05, 4.69) is 82.4 Å². The molecule has 0 amide bonds. The fraction of sp³-hybridized carbons (Fsp3) is 0.200. The van der Waals surface area contributed by atoms with Crippen molar-refractivity contribution < 1.29 is 19.0 Å². The smallest absolute Gasteiger partial charge is 0.259 e. The molecule has 84 heavy (non-hydrogen) atoms. The fourth-order valence-electron chi connectivity index (χ4n) is 12.4. The minimum Gasteiger partial charge on any atom is -0.508 e. The summed E-state index contributed by atoms with van der Waals surface area (Å²) in [6.45, 7) is 4.52. The molecule has 0 radical (unpaired) electrons. The Morgan fingerprint density at radius 2 is 0.845 bits per heavy atom. The van der Waals surface area contributed by atoms with E-state index in [0.717, 1.165) is 70.2 Å². The summed E-state index contributed by atoms with van der Waals surface area (Å²) in [7, 11) is 4.36. The Balaban J connectivity index is 0.000000157. The van der Waals surface area contributed by atoms with Gasteiger partial charge in [0.15, 0.2) is 0 Å². The highest BCUT2D eigenvalue weighted by Gasteiger charge is 2.28. The number of H-pyrrole nitrogens is 2. The third-order valence-corrected chi connectivity index (χ3v) is 17.2. The molecule has 12 nitrogen and oxygen atoms in total. The predicted octanol–water partition coefficient (Wildman–Crippen LogP) is 13.7. The number of aromatic nitrogens is 6. The highest BCUT2D eigenvalue weighted by molar-refractivity contribution is 5.88. The summed E-state index contributed by atoms with van der Waals surface area (Å²) in [6.07, 6.45) is 8.11. The van der Waals surface area contributed by atoms with Gasteiger partial charge in [0.1, 0.15) is 46.9 Å². The fourth-order valence-corrected chi connectivity index (χ4v) is 12.4. The van der Waals surface area contributed by atoms with Crippen LogP contribution in [0, 0.1) is 11.6 Å². The molecule has 6 heterocycles. The topological polar surface area (TPSA) is 148 Å². The van der Waals surface area contributed by atoms with Crippen molar-refractivity contribution in [1.29, 1.82) is 0 Å². The van der Waals surface area contributed by atoms with Crippen LogP contribution in [0.15, 0.2) is 204 Å². The molecule has 2 fully saturated rings. The number of benzene rings is 8. The van der Waals surface area contributed by atoms with Crippen LogP contribution >= 0.6 is 0 Å². The molecule has 0 saturated carbocycles. The van der Waals surface area contributed by atoms with Gasteiger partial charge in [0.05, 0.1) is 22.1 Å². The van der Waals surface area contributed by atoms with Crippen LogP contribution in [0.4, 0.5) is 8.78 Å². The van der Waals surface area contributed by atoms with Gasteiger partial charge in [-0.25, -0.2) is 18.7 Å². The monoisotopic (exact) mass is 1120 g/mol. The van der Waals surface area contributed by atoms with Crippen molar-refractivity contribution in [3.8, 4) is 33.8 Å². The minimum atomic E-state index is -0.864. The summed E-state index contributed by atoms with van der Waals surface area (Å²) >= 11 is 0. The number of fused-ring (bicyclic) bond motifs is 4. The van der Waals surface area contributed by atoms with E-state index in [0.29, 0.717) is 45.3 Å². The van der Waals surface area contributed by atoms with Crippen LogP contribution in [0.2, 0.25) is 0 Å². The highest BCUT2D eigenvalue weighted by Crippen LogP contribution is 2.37. The third-order valence-electron chi connectivity index (χ3n) is 17.2. The molecule has 14 heteroatoms. The predicted molar refractivity (Wildman–Crippen MR) is 329 cm³/mol. The van der Waals surface area contributed by atoms with Crippen LogP contribution in [0.3, 0.4) is 0 Å². The molecular formula is C70H62F2N8O4. The zero-order valence-corrected chi connectivity index (χ0v) is 46.6. The zero-order chi connectivity index (χ0) is 57.6. The summed E-state index contributed by atoms with van der Waals surface area (Å²) in [6, 6.07) is 53.9. The number of nitrogens with zero attached hydrogens (tertiary/aromatic N) is 6. The van der Waals surface area contributed by atoms with Gasteiger partial charge >= 0.3 is 0 Å². The van der Waals surface area contributed by atoms with Gasteiger partial charge < -0.3 is 39.1 Å². The average molecular weight is 1120 g/mol. The minimum absolute atomic E-state index is 0.118. The van der Waals surface area contributed by atoms with Crippen molar-refractivity contribution in [2.75, 3.05) is 40.3 Å². The Morgan fingerprint density at radius 3 is 1.24 bits per heavy atom. The number of hydrogen-bond donors (Lipinski definition) is 4. The molecule has 4 aromatic heterocycles. The molecule has 2 saturated heterocycles. The van der Waals surface area contributed by atoms with E-state index in [1.54, 1.807) is 12.4 Å². The van der Waals surface area contributed by atoms with E-state index >= 15 is 0 Å². The van der Waals surface area contributed by atoms with Crippen LogP contribution < -0.4 is 11.1 Å². The Kier molecular flexibility index (Phi) is 14.5. The van der Waals surface area contributed by atoms with Crippen LogP contribution in [0.25, 0.3) is 65.9 Å². The maximum absolute atomic E-state index is 14.4. The van der Waals surface area contributed by atoms with Gasteiger partial charge in [-0.05, 0) is 219 Å². The van der Waals surface area contributed by atoms with Crippen molar-refractivity contribution in [3.05, 3.63) is 261 Å². The van der Waals surface area contributed by atoms with E-state index in [-0.39, 0.29) is 33.7 Å². The van der Waals surface area contributed by atoms with Gasteiger partial charge in [-0.15, -0.1) is 0 Å². The lowest BCUT2D eigenvalue weighted by Gasteiger charge is -2.29. The van der Waals surface area contributed by atoms with Crippen LogP contribution in [0.1, 0.15) is 83.5 Å². The second kappa shape index (κ2) is 22.7. The van der Waals surface area contributed by atoms with Gasteiger partial charge in [-0.2, -0.15) is 0 Å². The van der Waals surface area contributed by atoms with Crippen molar-refractivity contribution in [2.24, 2.45) is 0 Å². The summed E-state index contributed by atoms with van der Waals surface area (Å²) in [4.78, 5) is 48.6. The second-order valence-corrected chi connectivity index (χ2v) is 22.5. The van der Waals surface area contributed by atoms with Crippen LogP contribution in [0.5, 0.6) is 11.5 Å². The maximum Gasteiger partial charge on any atom is 0.259 e. The first-order valence-corrected chi connectivity index (χ1v) is 28.6. The van der Waals surface area contributed by atoms with Crippen molar-refractivity contribution >= 4 is 43.6 Å². The normalized spacial score (nSPS) is 15.4. The SMILES string of the molecule is CN1CCC(c2ccc(-c3ccc4c(=O)n([C@@H](c5nc6ccccc6[nH]5)c5cc(F)ccc5O)ccc4c3)cc2)CC1.CN1CCC(c2ccc(-c3ccc4c(=O)n([C@H](c5nc6ccccc6[nH]5)c5cc(F)ccc5O)ccc4c3)cc2)CC1. The van der Waals surface area contributed by atoms with Crippen molar-refractivity contribution in [2.45, 2.75) is 49.6 Å². The lowest BCUT2D eigenvalue weighted by atomic mass is 9.88. The van der Waals surface area contributed by atoms with E-state index in [1.165, 1.54) is 82.3 Å². The summed E-state index contributed by atoms with van der Waals surface area (Å²) in [5.74, 6) is 0.805. The number of aromatic hydroxyl groups is 2. The van der Waals surface area contributed by atoms with E-state index in [1.807, 2.05) is 97.1 Å². The number of phenols is 2. The Hall–Kier alpha value is -9.50. The molecule has 2 aliphatic heterocycles. The molecule has 420 valence electrons. The van der Waals surface area contributed by atoms with Crippen molar-refractivity contribution in [1.82, 2.24) is 38.9 Å². The molecule has 12 aromatic rings. The number of para-hydroxylation sites is 4. The number of aromatic amines is 2. The third kappa shape index (κ3) is 10.7. The number of rotatable bonds is 10. The van der Waals surface area contributed by atoms with E-state index < -0.39 is 23.7 Å². The first-order valence-electron chi connectivity index (χ1n) is 28.6. The second-order valence-electron chi connectivity index (χ2n) is 22.5. The van der Waals surface area contributed by atoms with E-state index in [9.17, 15) is 28.6 Å². The van der Waals surface area contributed by atoms with Gasteiger partial charge in [0, 0.05) is 34.3 Å². The molecule has 2 atom stereocenters. The Morgan fingerprint density at radius 1 is 0.464 bits per heavy atom. The number of imidazole rings is 2. The lowest BCUT2D eigenvalue weighted by molar-refractivity contribution is 0.255. The highest BCUT2D eigenvalue weighted by atomic mass is 19.1. The summed E-state index contributed by atoms with van der Waals surface area (Å²) in [5, 5.41) is 24.2. The van der Waals surface area contributed by atoms with Crippen molar-refractivity contribution in [3.63, 3.8) is 0 Å². The quantitative estimate of drug-likeness (QED) is 0.106. The number of hydrogen-bond acceptors (Lipinski definition) is 8. The number of halogens is 2. The molecule has 2 aliphatic rings. The summed E-state index contributed by atoms with van der Waals surface area (Å²) in [5.41, 5.74) is 10.0. The van der Waals surface area contributed by atoms with Crippen LogP contribution in [-0.2, 0) is 0 Å². The number of pyridine rings is 2.